The van der Waals surface area contributed by atoms with Crippen molar-refractivity contribution in [2.75, 3.05) is 156 Å². The molecule has 0 unspecified atom stereocenters. The summed E-state index contributed by atoms with van der Waals surface area (Å²) >= 11 is 30.5. The molecule has 22 rings (SSSR count). The number of ether oxygens (including phenoxy) is 4. The number of methoxy groups -OCH3 is 1. The second-order valence-corrected chi connectivity index (χ2v) is 41.6. The summed E-state index contributed by atoms with van der Waals surface area (Å²) in [5.74, 6) is 0.517. The van der Waals surface area contributed by atoms with Crippen LogP contribution in [0.15, 0.2) is 256 Å². The van der Waals surface area contributed by atoms with Gasteiger partial charge >= 0.3 is 0 Å². The molecule has 5 fully saturated rings. The Morgan fingerprint density at radius 1 is 0.393 bits per heavy atom. The smallest absolute Gasteiger partial charge is 0.248 e. The van der Waals surface area contributed by atoms with Crippen LogP contribution in [0.4, 0.5) is 5.69 Å². The summed E-state index contributed by atoms with van der Waals surface area (Å²) < 4.78 is 57.8. The summed E-state index contributed by atoms with van der Waals surface area (Å²) in [6.45, 7) is 31.6. The van der Waals surface area contributed by atoms with Crippen molar-refractivity contribution in [2.24, 2.45) is 0 Å². The van der Waals surface area contributed by atoms with Gasteiger partial charge in [0, 0.05) is 233 Å². The highest BCUT2D eigenvalue weighted by molar-refractivity contribution is 7.92. The molecule has 5 aliphatic heterocycles. The first-order valence-corrected chi connectivity index (χ1v) is 53.6. The molecule has 2 amide bonds. The zero-order valence-electron chi connectivity index (χ0n) is 84.3. The van der Waals surface area contributed by atoms with Gasteiger partial charge in [0.1, 0.15) is 23.5 Å². The van der Waals surface area contributed by atoms with E-state index in [4.69, 9.17) is 102 Å². The number of hydrogen-bond donors (Lipinski definition) is 1. The van der Waals surface area contributed by atoms with Gasteiger partial charge in [0.15, 0.2) is 11.3 Å². The van der Waals surface area contributed by atoms with E-state index in [2.05, 4.69) is 108 Å². The summed E-state index contributed by atoms with van der Waals surface area (Å²) in [5, 5.41) is 22.7. The van der Waals surface area contributed by atoms with Gasteiger partial charge in [-0.2, -0.15) is 10.5 Å². The van der Waals surface area contributed by atoms with E-state index in [1.54, 1.807) is 26.3 Å². The SMILES string of the molecule is C=C(C)c1cn2c(CN3CCOCC3)c(-c3ccc(Cl)cc3)nc2cn1.CC(=O)N1CCN(Cc2c(-c3ccc(Cl)cc3)nc3ccc(-c4ccccc4C#N)cn23)CC1.CC(C)c1cn2c(CN3CCOCC3)c(-c3ccc(Cl)cc3)nc2cn1.COCC(=O)N1CCN(Cc2c(-c3ccc(Cl)cc3)nc3ccc(-c4ccccc4C#N)cn23)CC1.CS(=O)(=O)Nc1ccc2nc(-c3ccc(Cl)cc3)c(CN3CCOCC3)n2c1. The Morgan fingerprint density at radius 2 is 0.700 bits per heavy atom. The maximum absolute atomic E-state index is 12.2. The minimum Gasteiger partial charge on any atom is -0.379 e. The molecular weight excluding hydrogens is 2010 g/mol. The summed E-state index contributed by atoms with van der Waals surface area (Å²) in [4.78, 5) is 73.1. The Kier molecular flexibility index (Phi) is 34.7. The first kappa shape index (κ1) is 106. The highest BCUT2D eigenvalue weighted by Gasteiger charge is 2.30. The number of hydrogen-bond acceptors (Lipinski definition) is 22. The monoisotopic (exact) mass is 2130 g/mol. The van der Waals surface area contributed by atoms with Crippen molar-refractivity contribution in [3.8, 4) is 90.7 Å². The number of nitrogens with zero attached hydrogens (tertiary/aromatic N) is 21. The number of nitriles is 2. The lowest BCUT2D eigenvalue weighted by Crippen LogP contribution is -2.49. The Labute approximate surface area is 896 Å². The molecule has 1 N–H and O–H groups in total. The lowest BCUT2D eigenvalue weighted by atomic mass is 10.0. The maximum atomic E-state index is 12.2. The number of benzene rings is 7. The lowest BCUT2D eigenvalue weighted by Gasteiger charge is -2.34. The minimum atomic E-state index is -3.36. The Bertz CT molecular complexity index is 7890. The van der Waals surface area contributed by atoms with Gasteiger partial charge in [0.05, 0.1) is 156 Å². The Hall–Kier alpha value is -13.7. The van der Waals surface area contributed by atoms with Gasteiger partial charge in [-0.15, -0.1) is 0 Å². The number of piperazine rings is 2. The van der Waals surface area contributed by atoms with Crippen molar-refractivity contribution in [1.82, 2.24) is 91.2 Å². The van der Waals surface area contributed by atoms with Crippen molar-refractivity contribution >= 4 is 119 Å². The topological polar surface area (TPSA) is 300 Å². The molecular formula is C114H115Cl5N22O8S. The van der Waals surface area contributed by atoms with E-state index in [0.717, 1.165) is 281 Å². The van der Waals surface area contributed by atoms with E-state index in [0.29, 0.717) is 83.7 Å². The van der Waals surface area contributed by atoms with E-state index in [1.165, 1.54) is 5.69 Å². The van der Waals surface area contributed by atoms with Crippen LogP contribution in [0.5, 0.6) is 0 Å². The Balaban J connectivity index is 0.000000123. The average Bonchev–Trinajstić information content (AvgIpc) is 1.60. The van der Waals surface area contributed by atoms with Crippen molar-refractivity contribution in [2.45, 2.75) is 66.3 Å². The molecule has 0 aliphatic carbocycles. The number of fused-ring (bicyclic) bond motifs is 5. The molecule has 0 atom stereocenters. The molecule has 30 nitrogen and oxygen atoms in total. The number of aromatic nitrogens is 12. The fourth-order valence-electron chi connectivity index (χ4n) is 19.0. The van der Waals surface area contributed by atoms with Gasteiger partial charge in [-0.1, -0.05) is 175 Å². The van der Waals surface area contributed by atoms with Crippen molar-refractivity contribution in [1.29, 1.82) is 10.5 Å². The number of pyridine rings is 3. The quantitative estimate of drug-likeness (QED) is 0.0622. The number of sulfonamides is 1. The van der Waals surface area contributed by atoms with Crippen LogP contribution in [-0.2, 0) is 71.3 Å². The predicted molar refractivity (Wildman–Crippen MR) is 591 cm³/mol. The number of carbonyl (C=O) groups excluding carboxylic acids is 2. The van der Waals surface area contributed by atoms with Gasteiger partial charge in [-0.05, 0) is 139 Å². The van der Waals surface area contributed by atoms with E-state index >= 15 is 0 Å². The molecule has 36 heteroatoms. The minimum absolute atomic E-state index is 0.0228. The summed E-state index contributed by atoms with van der Waals surface area (Å²) in [7, 11) is -1.82. The molecule has 7 aromatic carbocycles. The van der Waals surface area contributed by atoms with Gasteiger partial charge < -0.3 is 37.5 Å². The second-order valence-electron chi connectivity index (χ2n) is 37.7. The highest BCUT2D eigenvalue weighted by Crippen LogP contribution is 2.38. The molecule has 5 aliphatic rings. The van der Waals surface area contributed by atoms with Crippen LogP contribution in [0.2, 0.25) is 25.1 Å². The van der Waals surface area contributed by atoms with Crippen LogP contribution in [0.1, 0.15) is 84.6 Å². The number of nitrogens with one attached hydrogen (secondary N) is 1. The molecule has 770 valence electrons. The van der Waals surface area contributed by atoms with Crippen LogP contribution in [-0.4, -0.2) is 263 Å². The molecule has 150 heavy (non-hydrogen) atoms. The molecule has 17 aromatic rings. The van der Waals surface area contributed by atoms with Gasteiger partial charge in [0.2, 0.25) is 21.8 Å². The molecule has 0 spiro atoms. The molecule has 0 bridgehead atoms. The summed E-state index contributed by atoms with van der Waals surface area (Å²) in [5.41, 5.74) is 27.7. The predicted octanol–water partition coefficient (Wildman–Crippen LogP) is 20.1. The van der Waals surface area contributed by atoms with Crippen LogP contribution in [0, 0.1) is 22.7 Å². The molecule has 0 radical (unpaired) electrons. The third-order valence-corrected chi connectivity index (χ3v) is 28.9. The molecule has 5 saturated heterocycles. The lowest BCUT2D eigenvalue weighted by molar-refractivity contribution is -0.137. The molecule has 15 heterocycles. The number of morpholine rings is 3. The second kappa shape index (κ2) is 49.0. The fraction of sp³-hybridized carbons (Fsp3) is 0.289. The summed E-state index contributed by atoms with van der Waals surface area (Å²) in [6, 6.07) is 70.1. The van der Waals surface area contributed by atoms with Crippen LogP contribution < -0.4 is 4.72 Å². The number of carbonyl (C=O) groups is 2. The van der Waals surface area contributed by atoms with E-state index in [-0.39, 0.29) is 18.4 Å². The first-order chi connectivity index (χ1) is 72.7. The Morgan fingerprint density at radius 3 is 1.03 bits per heavy atom. The fourth-order valence-corrected chi connectivity index (χ4v) is 20.1. The van der Waals surface area contributed by atoms with E-state index in [1.807, 2.05) is 240 Å². The zero-order valence-corrected chi connectivity index (χ0v) is 88.9. The van der Waals surface area contributed by atoms with Crippen LogP contribution in [0.3, 0.4) is 0 Å². The van der Waals surface area contributed by atoms with Gasteiger partial charge in [-0.25, -0.2) is 33.3 Å². The number of rotatable bonds is 23. The van der Waals surface area contributed by atoms with Crippen molar-refractivity contribution in [3.05, 3.63) is 332 Å². The normalized spacial score (nSPS) is 15.0. The summed E-state index contributed by atoms with van der Waals surface area (Å²) in [6.07, 6.45) is 14.9. The van der Waals surface area contributed by atoms with Crippen LogP contribution in [0.25, 0.3) is 112 Å². The number of amides is 2. The average molecular weight is 2130 g/mol. The number of anilines is 1. The third-order valence-electron chi connectivity index (χ3n) is 27.0. The van der Waals surface area contributed by atoms with Gasteiger partial charge in [-0.3, -0.25) is 62.0 Å². The number of imidazole rings is 5. The first-order valence-electron chi connectivity index (χ1n) is 49.8. The number of halogens is 5. The van der Waals surface area contributed by atoms with Crippen LogP contribution >= 0.6 is 58.0 Å². The van der Waals surface area contributed by atoms with Gasteiger partial charge in [0.25, 0.3) is 0 Å². The zero-order chi connectivity index (χ0) is 105. The third kappa shape index (κ3) is 26.0. The van der Waals surface area contributed by atoms with E-state index in [9.17, 15) is 28.5 Å². The van der Waals surface area contributed by atoms with Crippen molar-refractivity contribution < 1.29 is 37.0 Å². The largest absolute Gasteiger partial charge is 0.379 e. The maximum Gasteiger partial charge on any atom is 0.248 e. The molecule has 10 aromatic heterocycles. The molecule has 0 saturated carbocycles. The van der Waals surface area contributed by atoms with Crippen molar-refractivity contribution in [3.63, 3.8) is 0 Å². The number of allylic oxidation sites excluding steroid dienone is 1. The van der Waals surface area contributed by atoms with E-state index < -0.39 is 10.0 Å². The highest BCUT2D eigenvalue weighted by atomic mass is 35.5. The standard InChI is InChI=1S/C28H26ClN5O2.C27H24ClN5O.C20H23ClN4O.C20H21ClN4O.C19H21ClN4O3S/c1-36-19-27(35)33-14-12-32(13-15-33)18-25-28(20-6-9-23(29)10-7-20)31-26-11-8-22(17-34(25)26)24-5-3-2-4-21(24)16-30;1-19(34)32-14-12-31(13-15-32)18-25-27(20-6-9-23(28)10-7-20)30-26-11-8-22(17-33(25)26)24-5-3-2-4-21(24)16-29;2*1-14(2)17-12-25-18(13-24-7-9-26-10-8-24)20(23-19(25)11-22-17)15-3-5-16(21)6-4-15;1-28(25,26)22-16-6-7-18-21-19(14-2-4-15(20)5-3-14)17(24(18)12-16)13-23-8-10-27-11-9-23/h2-11,17H,12-15,18-19H2,1H3;2-11,17H,12-15,18H2,1H3;3-6,11-12,14H,7-10,13H2,1-2H3;3-6,11-12H,1,7-10,13H2,2H3;2-7,12,22H,8-11,13H2,1H3.